The van der Waals surface area contributed by atoms with Crippen molar-refractivity contribution in [2.75, 3.05) is 0 Å². The van der Waals surface area contributed by atoms with Crippen LogP contribution in [0.4, 0.5) is 0 Å². The van der Waals surface area contributed by atoms with Gasteiger partial charge in [0.25, 0.3) is 0 Å². The molecule has 0 aliphatic rings. The molecule has 0 aromatic heterocycles. The number of carboxylic acid groups (broad SMARTS) is 1. The zero-order chi connectivity index (χ0) is 4.28. The van der Waals surface area contributed by atoms with Crippen LogP contribution in [0.5, 0.6) is 0 Å². The van der Waals surface area contributed by atoms with Crippen molar-refractivity contribution < 1.29 is 68.1 Å². The minimum atomic E-state index is -1.11. The Balaban J connectivity index is 0. The predicted octanol–water partition coefficient (Wildman–Crippen LogP) is -2.94. The van der Waals surface area contributed by atoms with Gasteiger partial charge in [0.05, 0.1) is 0 Å². The summed E-state index contributed by atoms with van der Waals surface area (Å²) in [5.41, 5.74) is 0. The Morgan fingerprint density at radius 1 is 1.83 bits per heavy atom. The molecule has 0 rings (SSSR count). The van der Waals surface area contributed by atoms with E-state index in [2.05, 4.69) is 6.58 Å². The van der Waals surface area contributed by atoms with Crippen molar-refractivity contribution in [3.8, 4) is 0 Å². The van der Waals surface area contributed by atoms with E-state index in [4.69, 9.17) is 5.11 Å². The van der Waals surface area contributed by atoms with Gasteiger partial charge in [-0.1, -0.05) is 0 Å². The summed E-state index contributed by atoms with van der Waals surface area (Å²) in [4.78, 5) is 9.19. The number of carboxylic acids is 1. The number of aliphatic carboxylic acids is 1. The van der Waals surface area contributed by atoms with Crippen molar-refractivity contribution >= 4 is 5.97 Å². The first-order valence-corrected chi connectivity index (χ1v) is 1.03. The fraction of sp³-hybridized carbons (Fsp3) is 0. The summed E-state index contributed by atoms with van der Waals surface area (Å²) in [5, 5.41) is 7.55. The van der Waals surface area contributed by atoms with Gasteiger partial charge in [-0.15, -0.1) is 0 Å². The van der Waals surface area contributed by atoms with Crippen molar-refractivity contribution in [2.45, 2.75) is 0 Å². The molecule has 0 saturated carbocycles. The maximum absolute atomic E-state index is 9.19. The van der Waals surface area contributed by atoms with Crippen LogP contribution in [0.1, 0.15) is 0 Å². The minimum absolute atomic E-state index is 0. The fourth-order valence-electron chi connectivity index (χ4n) is 0. The first-order valence-electron chi connectivity index (χ1n) is 1.03. The molecule has 0 aliphatic carbocycles. The molecule has 0 unspecified atom stereocenters. The normalized spacial score (nSPS) is 5.33. The molecule has 6 heavy (non-hydrogen) atoms. The average molecular weight is 157 g/mol. The predicted molar refractivity (Wildman–Crippen MR) is 16.5 cm³/mol. The molecule has 0 amide bonds. The van der Waals surface area contributed by atoms with E-state index in [1.165, 1.54) is 0 Å². The molecule has 0 heterocycles. The topological polar surface area (TPSA) is 37.3 Å². The Morgan fingerprint density at radius 2 is 2.00 bits per heavy atom. The Kier molecular flexibility index (Phi) is 10.1. The molecule has 0 aromatic rings. The van der Waals surface area contributed by atoms with Crippen molar-refractivity contribution in [1.29, 1.82) is 0 Å². The van der Waals surface area contributed by atoms with Gasteiger partial charge in [0.15, 0.2) is 0 Å². The third kappa shape index (κ3) is 8.89. The molecule has 1 N–H and O–H groups in total. The first kappa shape index (κ1) is 10.1. The van der Waals surface area contributed by atoms with Crippen LogP contribution < -0.4 is 58.2 Å². The van der Waals surface area contributed by atoms with E-state index >= 15 is 0 Å². The second-order valence-electron chi connectivity index (χ2n) is 0.482. The Labute approximate surface area is 85.0 Å². The van der Waals surface area contributed by atoms with Crippen LogP contribution in [0.25, 0.3) is 0 Å². The number of hydrogen-bond acceptors (Lipinski definition) is 1. The zero-order valence-corrected chi connectivity index (χ0v) is 8.48. The summed E-state index contributed by atoms with van der Waals surface area (Å²) in [6, 6.07) is 0. The van der Waals surface area contributed by atoms with E-state index in [-0.39, 0.29) is 58.2 Å². The van der Waals surface area contributed by atoms with Gasteiger partial charge in [-0.3, -0.25) is 11.4 Å². The molecule has 0 fully saturated rings. The average Bonchev–Trinajstić information content (AvgIpc) is 1.38. The van der Waals surface area contributed by atoms with Gasteiger partial charge in [0, 0.05) is 0 Å². The first-order chi connectivity index (χ1) is 2.27. The molecule has 0 spiro atoms. The smallest absolute Gasteiger partial charge is 0.505 e. The largest absolute Gasteiger partial charge is 1.00 e. The Hall–Kier alpha value is 1.02. The third-order valence-corrected chi connectivity index (χ3v) is 0.151. The van der Waals surface area contributed by atoms with Gasteiger partial charge in [0.2, 0.25) is 0 Å². The van der Waals surface area contributed by atoms with Crippen LogP contribution in [0.2, 0.25) is 0 Å². The maximum Gasteiger partial charge on any atom is 1.00 e. The molecular formula is C3H3O2Rb. The summed E-state index contributed by atoms with van der Waals surface area (Å²) < 4.78 is 0. The van der Waals surface area contributed by atoms with Crippen LogP contribution in [-0.4, -0.2) is 11.1 Å². The minimum Gasteiger partial charge on any atom is -0.505 e. The van der Waals surface area contributed by atoms with Gasteiger partial charge in [-0.05, 0) is 0 Å². The fourth-order valence-corrected chi connectivity index (χ4v) is 0. The molecule has 0 aliphatic heterocycles. The second-order valence-corrected chi connectivity index (χ2v) is 0.482. The molecule has 0 saturated heterocycles. The summed E-state index contributed by atoms with van der Waals surface area (Å²) in [6.07, 6.45) is 1.69. The summed E-state index contributed by atoms with van der Waals surface area (Å²) in [6.45, 7) is 2.84. The van der Waals surface area contributed by atoms with Crippen molar-refractivity contribution in [3.05, 3.63) is 12.7 Å². The van der Waals surface area contributed by atoms with Crippen LogP contribution >= 0.6 is 0 Å². The molecule has 0 bridgehead atoms. The third-order valence-electron chi connectivity index (χ3n) is 0.151. The van der Waals surface area contributed by atoms with Crippen molar-refractivity contribution in [1.82, 2.24) is 0 Å². The standard InChI is InChI=1S/C3H3O2.Rb/c1-2-3(4)5;/h1H2,(H,4,5);/q-1;+1. The van der Waals surface area contributed by atoms with Crippen LogP contribution in [0.15, 0.2) is 6.58 Å². The van der Waals surface area contributed by atoms with Crippen molar-refractivity contribution in [3.63, 3.8) is 0 Å². The monoisotopic (exact) mass is 156 g/mol. The number of rotatable bonds is 1. The van der Waals surface area contributed by atoms with Crippen LogP contribution in [0.3, 0.4) is 0 Å². The second kappa shape index (κ2) is 6.02. The van der Waals surface area contributed by atoms with E-state index in [1.807, 2.05) is 0 Å². The number of hydrogen-bond donors (Lipinski definition) is 1. The van der Waals surface area contributed by atoms with Crippen LogP contribution in [-0.2, 0) is 4.79 Å². The Bertz CT molecular complexity index is 59.8. The van der Waals surface area contributed by atoms with Gasteiger partial charge >= 0.3 is 58.2 Å². The van der Waals surface area contributed by atoms with E-state index in [0.29, 0.717) is 0 Å². The van der Waals surface area contributed by atoms with E-state index in [1.54, 1.807) is 6.08 Å². The zero-order valence-electron chi connectivity index (χ0n) is 3.56. The van der Waals surface area contributed by atoms with E-state index in [0.717, 1.165) is 0 Å². The van der Waals surface area contributed by atoms with Gasteiger partial charge in [-0.25, -0.2) is 0 Å². The summed E-state index contributed by atoms with van der Waals surface area (Å²) >= 11 is 0. The molecule has 0 radical (unpaired) electrons. The molecule has 28 valence electrons. The van der Waals surface area contributed by atoms with E-state index in [9.17, 15) is 4.79 Å². The van der Waals surface area contributed by atoms with Gasteiger partial charge < -0.3 is 11.2 Å². The molecule has 2 nitrogen and oxygen atoms in total. The van der Waals surface area contributed by atoms with Crippen molar-refractivity contribution in [2.24, 2.45) is 0 Å². The Morgan fingerprint density at radius 3 is 2.00 bits per heavy atom. The van der Waals surface area contributed by atoms with Crippen LogP contribution in [0, 0.1) is 6.08 Å². The molecule has 3 heteroatoms. The SMILES string of the molecule is C=[C-]C(=O)O.[Rb+]. The number of carbonyl (C=O) groups is 1. The molecule has 0 atom stereocenters. The maximum atomic E-state index is 9.19. The summed E-state index contributed by atoms with van der Waals surface area (Å²) in [7, 11) is 0. The van der Waals surface area contributed by atoms with E-state index < -0.39 is 5.97 Å². The quantitative estimate of drug-likeness (QED) is 0.326. The van der Waals surface area contributed by atoms with Gasteiger partial charge in [0.1, 0.15) is 5.97 Å². The molecular weight excluding hydrogens is 153 g/mol. The van der Waals surface area contributed by atoms with Gasteiger partial charge in [-0.2, -0.15) is 0 Å². The molecule has 0 aromatic carbocycles. The summed E-state index contributed by atoms with van der Waals surface area (Å²) in [5.74, 6) is -1.11.